The fraction of sp³-hybridized carbons (Fsp3) is 0.346. The second kappa shape index (κ2) is 7.68. The summed E-state index contributed by atoms with van der Waals surface area (Å²) in [6, 6.07) is 8.15. The van der Waals surface area contributed by atoms with Gasteiger partial charge < -0.3 is 9.64 Å². The standard InChI is InChI=1S/C26H22F3N5O/c1-25(2,29)26(10-11-26)9-8-16-4-3-5-19-17(16)14-35-13-12-33(19)23-21-20(7-6-18(27)22(21)28)34-15-30-32-24(34)31-23/h3-7,15H,10-14H2,1-2H3. The van der Waals surface area contributed by atoms with Crippen molar-refractivity contribution < 1.29 is 17.9 Å². The Balaban J connectivity index is 1.55. The molecule has 1 saturated carbocycles. The first-order valence-corrected chi connectivity index (χ1v) is 11.5. The van der Waals surface area contributed by atoms with Gasteiger partial charge in [0.2, 0.25) is 0 Å². The van der Waals surface area contributed by atoms with Crippen molar-refractivity contribution in [3.05, 3.63) is 59.4 Å². The summed E-state index contributed by atoms with van der Waals surface area (Å²) in [7, 11) is 0. The summed E-state index contributed by atoms with van der Waals surface area (Å²) < 4.78 is 51.6. The first-order chi connectivity index (χ1) is 16.8. The smallest absolute Gasteiger partial charge is 0.257 e. The topological polar surface area (TPSA) is 55.5 Å². The normalized spacial score (nSPS) is 17.1. The van der Waals surface area contributed by atoms with Gasteiger partial charge in [-0.15, -0.1) is 10.2 Å². The van der Waals surface area contributed by atoms with E-state index in [4.69, 9.17) is 4.74 Å². The highest BCUT2D eigenvalue weighted by Gasteiger charge is 2.54. The molecule has 1 fully saturated rings. The molecule has 1 aliphatic carbocycles. The van der Waals surface area contributed by atoms with Gasteiger partial charge in [-0.1, -0.05) is 17.9 Å². The fourth-order valence-electron chi connectivity index (χ4n) is 4.72. The Bertz CT molecular complexity index is 1540. The number of anilines is 2. The lowest BCUT2D eigenvalue weighted by molar-refractivity contribution is 0.133. The molecule has 6 nitrogen and oxygen atoms in total. The van der Waals surface area contributed by atoms with E-state index in [1.807, 2.05) is 18.2 Å². The van der Waals surface area contributed by atoms with Crippen LogP contribution in [0.15, 0.2) is 36.7 Å². The van der Waals surface area contributed by atoms with Gasteiger partial charge in [-0.3, -0.25) is 4.40 Å². The third kappa shape index (κ3) is 3.43. The van der Waals surface area contributed by atoms with Crippen LogP contribution in [-0.2, 0) is 11.3 Å². The maximum Gasteiger partial charge on any atom is 0.257 e. The molecule has 0 amide bonds. The van der Waals surface area contributed by atoms with Crippen molar-refractivity contribution in [1.29, 1.82) is 0 Å². The van der Waals surface area contributed by atoms with Crippen molar-refractivity contribution in [2.45, 2.75) is 39.0 Å². The van der Waals surface area contributed by atoms with Crippen molar-refractivity contribution in [2.75, 3.05) is 18.1 Å². The number of rotatable bonds is 2. The zero-order valence-corrected chi connectivity index (χ0v) is 19.3. The highest BCUT2D eigenvalue weighted by molar-refractivity contribution is 5.94. The Hall–Kier alpha value is -3.64. The monoisotopic (exact) mass is 477 g/mol. The minimum atomic E-state index is -1.40. The zero-order chi connectivity index (χ0) is 24.4. The molecule has 2 aliphatic rings. The van der Waals surface area contributed by atoms with Gasteiger partial charge in [-0.05, 0) is 51.0 Å². The number of benzene rings is 2. The summed E-state index contributed by atoms with van der Waals surface area (Å²) >= 11 is 0. The lowest BCUT2D eigenvalue weighted by Crippen LogP contribution is -2.26. The summed E-state index contributed by atoms with van der Waals surface area (Å²) in [6.07, 6.45) is 2.86. The Morgan fingerprint density at radius 2 is 1.97 bits per heavy atom. The molecule has 0 atom stereocenters. The van der Waals surface area contributed by atoms with E-state index in [-0.39, 0.29) is 23.6 Å². The van der Waals surface area contributed by atoms with Crippen LogP contribution in [0.1, 0.15) is 37.8 Å². The van der Waals surface area contributed by atoms with E-state index in [2.05, 4.69) is 27.0 Å². The number of aromatic nitrogens is 4. The maximum atomic E-state index is 15.2. The number of hydrogen-bond donors (Lipinski definition) is 0. The largest absolute Gasteiger partial charge is 0.375 e. The van der Waals surface area contributed by atoms with Gasteiger partial charge in [0.05, 0.1) is 29.5 Å². The van der Waals surface area contributed by atoms with Crippen LogP contribution in [0, 0.1) is 28.9 Å². The molecule has 1 aliphatic heterocycles. The molecule has 9 heteroatoms. The van der Waals surface area contributed by atoms with E-state index in [1.165, 1.54) is 16.8 Å². The molecule has 0 radical (unpaired) electrons. The fourth-order valence-corrected chi connectivity index (χ4v) is 4.72. The molecule has 178 valence electrons. The molecular formula is C26H22F3N5O. The average Bonchev–Trinajstić information content (AvgIpc) is 3.55. The third-order valence-electron chi connectivity index (χ3n) is 7.02. The minimum absolute atomic E-state index is 0.0257. The first kappa shape index (κ1) is 21.9. The van der Waals surface area contributed by atoms with E-state index in [0.29, 0.717) is 24.2 Å². The van der Waals surface area contributed by atoms with Crippen LogP contribution >= 0.6 is 0 Å². The van der Waals surface area contributed by atoms with Gasteiger partial charge in [-0.2, -0.15) is 4.98 Å². The molecule has 0 bridgehead atoms. The van der Waals surface area contributed by atoms with E-state index < -0.39 is 22.7 Å². The maximum absolute atomic E-state index is 15.2. The molecule has 4 aromatic rings. The molecule has 0 N–H and O–H groups in total. The molecule has 0 spiro atoms. The third-order valence-corrected chi connectivity index (χ3v) is 7.02. The molecule has 0 saturated heterocycles. The van der Waals surface area contributed by atoms with E-state index in [0.717, 1.165) is 30.2 Å². The second-order valence-corrected chi connectivity index (χ2v) is 9.50. The van der Waals surface area contributed by atoms with Crippen molar-refractivity contribution in [2.24, 2.45) is 5.41 Å². The van der Waals surface area contributed by atoms with Gasteiger partial charge in [0.15, 0.2) is 11.6 Å². The molecule has 3 heterocycles. The van der Waals surface area contributed by atoms with Gasteiger partial charge in [0, 0.05) is 23.4 Å². The molecule has 2 aromatic heterocycles. The van der Waals surface area contributed by atoms with Crippen LogP contribution < -0.4 is 4.90 Å². The number of ether oxygens (including phenoxy) is 1. The quantitative estimate of drug-likeness (QED) is 0.376. The van der Waals surface area contributed by atoms with Crippen LogP contribution in [-0.4, -0.2) is 38.4 Å². The van der Waals surface area contributed by atoms with E-state index >= 15 is 4.39 Å². The second-order valence-electron chi connectivity index (χ2n) is 9.50. The number of fused-ring (bicyclic) bond motifs is 4. The van der Waals surface area contributed by atoms with Crippen molar-refractivity contribution >= 4 is 28.2 Å². The summed E-state index contributed by atoms with van der Waals surface area (Å²) in [4.78, 5) is 6.36. The molecule has 2 aromatic carbocycles. The predicted octanol–water partition coefficient (Wildman–Crippen LogP) is 5.10. The summed E-state index contributed by atoms with van der Waals surface area (Å²) in [5.74, 6) is 4.88. The zero-order valence-electron chi connectivity index (χ0n) is 19.3. The Labute approximate surface area is 199 Å². The molecular weight excluding hydrogens is 455 g/mol. The van der Waals surface area contributed by atoms with Crippen LogP contribution in [0.2, 0.25) is 0 Å². The van der Waals surface area contributed by atoms with E-state index in [1.54, 1.807) is 18.7 Å². The number of halogens is 3. The van der Waals surface area contributed by atoms with Gasteiger partial charge in [-0.25, -0.2) is 13.2 Å². The van der Waals surface area contributed by atoms with Crippen molar-refractivity contribution in [1.82, 2.24) is 19.6 Å². The van der Waals surface area contributed by atoms with Crippen LogP contribution in [0.5, 0.6) is 0 Å². The summed E-state index contributed by atoms with van der Waals surface area (Å²) in [5, 5.41) is 7.94. The van der Waals surface area contributed by atoms with Gasteiger partial charge in [0.1, 0.15) is 17.8 Å². The average molecular weight is 477 g/mol. The minimum Gasteiger partial charge on any atom is -0.375 e. The van der Waals surface area contributed by atoms with Gasteiger partial charge >= 0.3 is 0 Å². The Morgan fingerprint density at radius 3 is 2.74 bits per heavy atom. The van der Waals surface area contributed by atoms with Crippen molar-refractivity contribution in [3.8, 4) is 11.8 Å². The summed E-state index contributed by atoms with van der Waals surface area (Å²) in [5.41, 5.74) is 0.588. The van der Waals surface area contributed by atoms with Gasteiger partial charge in [0.25, 0.3) is 5.78 Å². The summed E-state index contributed by atoms with van der Waals surface area (Å²) in [6.45, 7) is 4.10. The predicted molar refractivity (Wildman–Crippen MR) is 125 cm³/mol. The highest BCUT2D eigenvalue weighted by atomic mass is 19.2. The van der Waals surface area contributed by atoms with Crippen molar-refractivity contribution in [3.63, 3.8) is 0 Å². The lowest BCUT2D eigenvalue weighted by Gasteiger charge is -2.25. The SMILES string of the molecule is CC(C)(F)C1(C#Cc2cccc3c2COCCN3c2nc3nncn3c3ccc(F)c(F)c23)CC1. The van der Waals surface area contributed by atoms with E-state index in [9.17, 15) is 8.78 Å². The Kier molecular flexibility index (Phi) is 4.80. The molecule has 0 unspecified atom stereocenters. The lowest BCUT2D eigenvalue weighted by atomic mass is 9.89. The van der Waals surface area contributed by atoms with Crippen LogP contribution in [0.4, 0.5) is 24.7 Å². The van der Waals surface area contributed by atoms with Crippen LogP contribution in [0.25, 0.3) is 16.7 Å². The number of nitrogens with zero attached hydrogens (tertiary/aromatic N) is 5. The van der Waals surface area contributed by atoms with Crippen LogP contribution in [0.3, 0.4) is 0 Å². The number of alkyl halides is 1. The molecule has 6 rings (SSSR count). The Morgan fingerprint density at radius 1 is 1.14 bits per heavy atom. The molecule has 35 heavy (non-hydrogen) atoms. The number of hydrogen-bond acceptors (Lipinski definition) is 5. The first-order valence-electron chi connectivity index (χ1n) is 11.5. The highest BCUT2D eigenvalue weighted by Crippen LogP contribution is 2.55.